The van der Waals surface area contributed by atoms with E-state index in [1.165, 1.54) is 22.8 Å². The maximum atomic E-state index is 13.1. The zero-order valence-electron chi connectivity index (χ0n) is 17.5. The lowest BCUT2D eigenvalue weighted by Crippen LogP contribution is -2.44. The van der Waals surface area contributed by atoms with Crippen molar-refractivity contribution in [1.29, 1.82) is 0 Å². The first-order valence-electron chi connectivity index (χ1n) is 9.94. The van der Waals surface area contributed by atoms with Crippen molar-refractivity contribution in [2.24, 2.45) is 0 Å². The van der Waals surface area contributed by atoms with Crippen molar-refractivity contribution in [2.75, 3.05) is 6.61 Å². The molecule has 1 aromatic heterocycles. The zero-order chi connectivity index (χ0) is 23.5. The number of aromatic nitrogens is 2. The molecule has 7 nitrogen and oxygen atoms in total. The fourth-order valence-electron chi connectivity index (χ4n) is 3.35. The van der Waals surface area contributed by atoms with Crippen LogP contribution in [-0.4, -0.2) is 27.7 Å². The highest BCUT2D eigenvalue weighted by molar-refractivity contribution is 5.81. The van der Waals surface area contributed by atoms with E-state index in [1.54, 1.807) is 38.1 Å². The molecule has 1 unspecified atom stereocenters. The highest BCUT2D eigenvalue weighted by Crippen LogP contribution is 2.35. The Labute approximate surface area is 181 Å². The molecule has 1 atom stereocenters. The molecule has 0 fully saturated rings. The third-order valence-electron chi connectivity index (χ3n) is 4.84. The van der Waals surface area contributed by atoms with Crippen molar-refractivity contribution in [3.63, 3.8) is 0 Å². The quantitative estimate of drug-likeness (QED) is 0.602. The van der Waals surface area contributed by atoms with Crippen molar-refractivity contribution < 1.29 is 22.7 Å². The van der Waals surface area contributed by atoms with E-state index in [0.29, 0.717) is 10.9 Å². The molecule has 0 radical (unpaired) electrons. The molecule has 32 heavy (non-hydrogen) atoms. The number of hydrogen-bond acceptors (Lipinski definition) is 4. The molecule has 1 N–H and O–H groups in total. The van der Waals surface area contributed by atoms with Crippen molar-refractivity contribution in [3.8, 4) is 5.75 Å². The first kappa shape index (κ1) is 23.1. The molecule has 0 aliphatic rings. The molecule has 0 saturated carbocycles. The number of alkyl halides is 3. The van der Waals surface area contributed by atoms with Crippen LogP contribution in [0.5, 0.6) is 5.75 Å². The maximum Gasteiger partial charge on any atom is 0.419 e. The van der Waals surface area contributed by atoms with Crippen molar-refractivity contribution in [1.82, 2.24) is 14.5 Å². The monoisotopic (exact) mass is 449 g/mol. The van der Waals surface area contributed by atoms with E-state index < -0.39 is 34.9 Å². The Bertz CT molecular complexity index is 1250. The second-order valence-corrected chi connectivity index (χ2v) is 7.21. The van der Waals surface area contributed by atoms with E-state index >= 15 is 0 Å². The van der Waals surface area contributed by atoms with Crippen molar-refractivity contribution in [2.45, 2.75) is 39.2 Å². The molecule has 3 rings (SSSR count). The third-order valence-corrected chi connectivity index (χ3v) is 4.84. The van der Waals surface area contributed by atoms with E-state index in [1.807, 2.05) is 0 Å². The van der Waals surface area contributed by atoms with Crippen molar-refractivity contribution >= 4 is 16.8 Å². The average Bonchev–Trinajstić information content (AvgIpc) is 2.75. The predicted octanol–water partition coefficient (Wildman–Crippen LogP) is 2.79. The number of carbonyl (C=O) groups excluding carboxylic acids is 1. The van der Waals surface area contributed by atoms with Crippen LogP contribution >= 0.6 is 0 Å². The van der Waals surface area contributed by atoms with Crippen molar-refractivity contribution in [3.05, 3.63) is 74.9 Å². The average molecular weight is 449 g/mol. The van der Waals surface area contributed by atoms with Gasteiger partial charge in [-0.1, -0.05) is 24.3 Å². The summed E-state index contributed by atoms with van der Waals surface area (Å²) in [4.78, 5) is 37.7. The number of nitrogens with zero attached hydrogens (tertiary/aromatic N) is 2. The Morgan fingerprint density at radius 2 is 1.72 bits per heavy atom. The van der Waals surface area contributed by atoms with Gasteiger partial charge in [-0.15, -0.1) is 0 Å². The van der Waals surface area contributed by atoms with E-state index in [0.717, 1.165) is 10.6 Å². The SMILES string of the molecule is CCn1c(=O)c2ccccc2n(CC(=O)NC(C)COc2ccccc2C(F)(F)F)c1=O. The summed E-state index contributed by atoms with van der Waals surface area (Å²) in [6.07, 6.45) is -4.56. The summed E-state index contributed by atoms with van der Waals surface area (Å²) in [7, 11) is 0. The lowest BCUT2D eigenvalue weighted by molar-refractivity contribution is -0.139. The number of benzene rings is 2. The minimum Gasteiger partial charge on any atom is -0.491 e. The van der Waals surface area contributed by atoms with Crippen LogP contribution in [-0.2, 0) is 24.1 Å². The normalized spacial score (nSPS) is 12.5. The van der Waals surface area contributed by atoms with Gasteiger partial charge in [0.15, 0.2) is 0 Å². The molecule has 3 aromatic rings. The number of ether oxygens (including phenoxy) is 1. The van der Waals surface area contributed by atoms with Crippen LogP contribution in [0.3, 0.4) is 0 Å². The molecule has 1 heterocycles. The van der Waals surface area contributed by atoms with Crippen LogP contribution in [0.1, 0.15) is 19.4 Å². The number of carbonyl (C=O) groups is 1. The van der Waals surface area contributed by atoms with Crippen LogP contribution in [0, 0.1) is 0 Å². The van der Waals surface area contributed by atoms with Gasteiger partial charge in [0.25, 0.3) is 5.56 Å². The molecule has 10 heteroatoms. The lowest BCUT2D eigenvalue weighted by Gasteiger charge is -2.18. The Kier molecular flexibility index (Phi) is 6.71. The van der Waals surface area contributed by atoms with Gasteiger partial charge in [-0.05, 0) is 38.1 Å². The van der Waals surface area contributed by atoms with E-state index in [-0.39, 0.29) is 25.4 Å². The number of hydrogen-bond donors (Lipinski definition) is 1. The summed E-state index contributed by atoms with van der Waals surface area (Å²) in [6.45, 7) is 2.81. The Hall–Kier alpha value is -3.56. The van der Waals surface area contributed by atoms with E-state index in [2.05, 4.69) is 5.32 Å². The summed E-state index contributed by atoms with van der Waals surface area (Å²) in [6, 6.07) is 10.6. The van der Waals surface area contributed by atoms with Gasteiger partial charge in [0.1, 0.15) is 18.9 Å². The molecule has 1 amide bonds. The van der Waals surface area contributed by atoms with E-state index in [4.69, 9.17) is 4.74 Å². The summed E-state index contributed by atoms with van der Waals surface area (Å²) >= 11 is 0. The van der Waals surface area contributed by atoms with Gasteiger partial charge < -0.3 is 10.1 Å². The minimum atomic E-state index is -4.56. The van der Waals surface area contributed by atoms with Gasteiger partial charge in [-0.25, -0.2) is 4.79 Å². The summed E-state index contributed by atoms with van der Waals surface area (Å²) in [5.41, 5.74) is -1.63. The molecule has 2 aromatic carbocycles. The van der Waals surface area contributed by atoms with Crippen LogP contribution in [0.2, 0.25) is 0 Å². The summed E-state index contributed by atoms with van der Waals surface area (Å²) in [5.74, 6) is -0.878. The van der Waals surface area contributed by atoms with Gasteiger partial charge in [-0.3, -0.25) is 18.7 Å². The van der Waals surface area contributed by atoms with Crippen LogP contribution in [0.15, 0.2) is 58.1 Å². The Balaban J connectivity index is 1.74. The first-order valence-corrected chi connectivity index (χ1v) is 9.94. The standard InChI is InChI=1S/C22H22F3N3O4/c1-3-27-20(30)15-8-4-6-10-17(15)28(21(27)31)12-19(29)26-14(2)13-32-18-11-7-5-9-16(18)22(23,24)25/h4-11,14H,3,12-13H2,1-2H3,(H,26,29). The molecule has 0 bridgehead atoms. The Morgan fingerprint density at radius 3 is 2.41 bits per heavy atom. The van der Waals surface area contributed by atoms with Gasteiger partial charge in [-0.2, -0.15) is 13.2 Å². The molecular formula is C22H22F3N3O4. The van der Waals surface area contributed by atoms with Crippen LogP contribution in [0.25, 0.3) is 10.9 Å². The Morgan fingerprint density at radius 1 is 1.06 bits per heavy atom. The van der Waals surface area contributed by atoms with Crippen LogP contribution < -0.4 is 21.3 Å². The van der Waals surface area contributed by atoms with Gasteiger partial charge in [0.2, 0.25) is 5.91 Å². The number of fused-ring (bicyclic) bond motifs is 1. The van der Waals surface area contributed by atoms with Gasteiger partial charge >= 0.3 is 11.9 Å². The van der Waals surface area contributed by atoms with Gasteiger partial charge in [0.05, 0.1) is 22.5 Å². The maximum absolute atomic E-state index is 13.1. The van der Waals surface area contributed by atoms with Gasteiger partial charge in [0, 0.05) is 6.54 Å². The zero-order valence-corrected chi connectivity index (χ0v) is 17.5. The topological polar surface area (TPSA) is 82.3 Å². The molecule has 0 aliphatic carbocycles. The highest BCUT2D eigenvalue weighted by Gasteiger charge is 2.34. The molecule has 0 spiro atoms. The molecule has 170 valence electrons. The lowest BCUT2D eigenvalue weighted by atomic mass is 10.2. The largest absolute Gasteiger partial charge is 0.491 e. The van der Waals surface area contributed by atoms with Crippen LogP contribution in [0.4, 0.5) is 13.2 Å². The summed E-state index contributed by atoms with van der Waals surface area (Å²) < 4.78 is 46.7. The minimum absolute atomic E-state index is 0.146. The molecule has 0 aliphatic heterocycles. The number of halogens is 3. The fourth-order valence-corrected chi connectivity index (χ4v) is 3.35. The highest BCUT2D eigenvalue weighted by atomic mass is 19.4. The summed E-state index contributed by atoms with van der Waals surface area (Å²) in [5, 5.41) is 2.92. The fraction of sp³-hybridized carbons (Fsp3) is 0.318. The molecule has 0 saturated heterocycles. The number of para-hydroxylation sites is 2. The first-order chi connectivity index (χ1) is 15.1. The van der Waals surface area contributed by atoms with E-state index in [9.17, 15) is 27.6 Å². The smallest absolute Gasteiger partial charge is 0.419 e. The number of nitrogens with one attached hydrogen (secondary N) is 1. The molecular weight excluding hydrogens is 427 g/mol. The third kappa shape index (κ3) is 4.84. The predicted molar refractivity (Wildman–Crippen MR) is 113 cm³/mol. The second kappa shape index (κ2) is 9.29. The number of rotatable bonds is 7. The second-order valence-electron chi connectivity index (χ2n) is 7.21. The number of amides is 1.